The predicted octanol–water partition coefficient (Wildman–Crippen LogP) is 2.01. The van der Waals surface area contributed by atoms with Crippen molar-refractivity contribution in [3.05, 3.63) is 30.3 Å². The molecule has 3 saturated heterocycles. The zero-order chi connectivity index (χ0) is 22.6. The molecule has 3 fully saturated rings. The molecular weight excluding hydrogens is 414 g/mol. The Hall–Kier alpha value is -2.06. The molecule has 3 N–H and O–H groups in total. The van der Waals surface area contributed by atoms with Gasteiger partial charge in [-0.25, -0.2) is 0 Å². The lowest BCUT2D eigenvalue weighted by Crippen LogP contribution is -2.57. The van der Waals surface area contributed by atoms with Crippen LogP contribution in [-0.2, 0) is 14.4 Å². The fraction of sp³-hybridized carbons (Fsp3) is 0.609. The third-order valence-electron chi connectivity index (χ3n) is 6.69. The molecule has 0 saturated carbocycles. The first kappa shape index (κ1) is 22.1. The van der Waals surface area contributed by atoms with Crippen LogP contribution in [0.5, 0.6) is 0 Å². The third kappa shape index (κ3) is 3.53. The van der Waals surface area contributed by atoms with Gasteiger partial charge in [-0.3, -0.25) is 14.4 Å². The molecule has 1 spiro atoms. The summed E-state index contributed by atoms with van der Waals surface area (Å²) in [6.07, 6.45) is 1.46. The average Bonchev–Trinajstić information content (AvgIpc) is 3.23. The lowest BCUT2D eigenvalue weighted by molar-refractivity contribution is -0.140. The molecule has 1 aromatic carbocycles. The number of hydrogen-bond acceptors (Lipinski definition) is 5. The number of carbonyl (C=O) groups excluding carboxylic acids is 3. The number of β-amino-alcohol motifs (C(OH)–C–C–N with tert-alkyl or cyclic N) is 1. The maximum atomic E-state index is 13.6. The van der Waals surface area contributed by atoms with Gasteiger partial charge in [0.05, 0.1) is 23.2 Å². The summed E-state index contributed by atoms with van der Waals surface area (Å²) in [5.41, 5.74) is 0.243. The number of thioether (sulfide) groups is 1. The van der Waals surface area contributed by atoms with E-state index in [1.54, 1.807) is 11.8 Å². The SMILES string of the molecule is CC(C)(C)NC(=O)C1N(CCO)C(=O)[C@@H]2[C@@H](C(=O)Nc3ccccc3)[C@@]3(C)CCC12S3. The number of fused-ring (bicyclic) bond motifs is 1. The normalized spacial score (nSPS) is 34.0. The smallest absolute Gasteiger partial charge is 0.244 e. The summed E-state index contributed by atoms with van der Waals surface area (Å²) in [6, 6.07) is 8.54. The Morgan fingerprint density at radius 2 is 1.87 bits per heavy atom. The second-order valence-electron chi connectivity index (χ2n) is 10.1. The number of hydrogen-bond donors (Lipinski definition) is 3. The van der Waals surface area contributed by atoms with Gasteiger partial charge in [0.15, 0.2) is 0 Å². The molecule has 3 heterocycles. The summed E-state index contributed by atoms with van der Waals surface area (Å²) >= 11 is 1.63. The van der Waals surface area contributed by atoms with Crippen LogP contribution in [0.3, 0.4) is 0 Å². The van der Waals surface area contributed by atoms with Crippen LogP contribution in [0, 0.1) is 11.8 Å². The second-order valence-corrected chi connectivity index (χ2v) is 12.0. The van der Waals surface area contributed by atoms with Crippen molar-refractivity contribution in [2.45, 2.75) is 61.6 Å². The molecule has 7 nitrogen and oxygen atoms in total. The molecule has 31 heavy (non-hydrogen) atoms. The van der Waals surface area contributed by atoms with Crippen LogP contribution < -0.4 is 10.6 Å². The van der Waals surface area contributed by atoms with E-state index in [0.717, 1.165) is 6.42 Å². The van der Waals surface area contributed by atoms with Crippen LogP contribution in [0.4, 0.5) is 5.69 Å². The number of carbonyl (C=O) groups is 3. The fourth-order valence-electron chi connectivity index (χ4n) is 5.65. The van der Waals surface area contributed by atoms with E-state index in [9.17, 15) is 19.5 Å². The van der Waals surface area contributed by atoms with Crippen molar-refractivity contribution in [1.82, 2.24) is 10.2 Å². The largest absolute Gasteiger partial charge is 0.395 e. The summed E-state index contributed by atoms with van der Waals surface area (Å²) in [6.45, 7) is 7.63. The van der Waals surface area contributed by atoms with Crippen LogP contribution in [0.25, 0.3) is 0 Å². The molecule has 168 valence electrons. The van der Waals surface area contributed by atoms with E-state index in [4.69, 9.17) is 0 Å². The maximum Gasteiger partial charge on any atom is 0.244 e. The van der Waals surface area contributed by atoms with Gasteiger partial charge in [0, 0.05) is 22.5 Å². The molecule has 0 aliphatic carbocycles. The molecule has 3 aliphatic rings. The highest BCUT2D eigenvalue weighted by atomic mass is 32.2. The highest BCUT2D eigenvalue weighted by Crippen LogP contribution is 2.71. The van der Waals surface area contributed by atoms with Crippen molar-refractivity contribution in [3.63, 3.8) is 0 Å². The molecule has 2 unspecified atom stereocenters. The Bertz CT molecular complexity index is 902. The van der Waals surface area contributed by atoms with Crippen molar-refractivity contribution in [2.24, 2.45) is 11.8 Å². The number of nitrogens with one attached hydrogen (secondary N) is 2. The Morgan fingerprint density at radius 1 is 1.19 bits per heavy atom. The van der Waals surface area contributed by atoms with E-state index in [1.807, 2.05) is 58.0 Å². The van der Waals surface area contributed by atoms with Gasteiger partial charge in [0.25, 0.3) is 0 Å². The molecule has 0 radical (unpaired) electrons. The number of aliphatic hydroxyl groups excluding tert-OH is 1. The monoisotopic (exact) mass is 445 g/mol. The van der Waals surface area contributed by atoms with Gasteiger partial charge in [-0.15, -0.1) is 11.8 Å². The lowest BCUT2D eigenvalue weighted by Gasteiger charge is -2.36. The van der Waals surface area contributed by atoms with Gasteiger partial charge < -0.3 is 20.6 Å². The first-order valence-electron chi connectivity index (χ1n) is 10.8. The zero-order valence-corrected chi connectivity index (χ0v) is 19.3. The number of likely N-dealkylation sites (tertiary alicyclic amines) is 1. The number of aliphatic hydroxyl groups is 1. The van der Waals surface area contributed by atoms with Crippen LogP contribution in [-0.4, -0.2) is 62.0 Å². The standard InChI is InChI=1S/C23H31N3O4S/c1-21(2,3)25-19(29)17-23-11-10-22(4,31-23)15(16(23)20(30)26(17)12-13-27)18(28)24-14-8-6-5-7-9-14/h5-9,15-17,27H,10-13H2,1-4H3,(H,24,28)(H,25,29)/t15-,16-,17?,22+,23?/m0/s1. The molecule has 3 amide bonds. The Balaban J connectivity index is 1.71. The molecule has 0 aromatic heterocycles. The number of anilines is 1. The quantitative estimate of drug-likeness (QED) is 0.644. The minimum Gasteiger partial charge on any atom is -0.395 e. The number of rotatable bonds is 5. The molecule has 5 atom stereocenters. The van der Waals surface area contributed by atoms with Gasteiger partial charge in [0.2, 0.25) is 17.7 Å². The van der Waals surface area contributed by atoms with Crippen LogP contribution in [0.2, 0.25) is 0 Å². The highest BCUT2D eigenvalue weighted by Gasteiger charge is 2.77. The van der Waals surface area contributed by atoms with Gasteiger partial charge in [-0.1, -0.05) is 18.2 Å². The molecule has 2 bridgehead atoms. The van der Waals surface area contributed by atoms with Crippen molar-refractivity contribution < 1.29 is 19.5 Å². The summed E-state index contributed by atoms with van der Waals surface area (Å²) < 4.78 is -1.07. The topological polar surface area (TPSA) is 98.7 Å². The summed E-state index contributed by atoms with van der Waals surface area (Å²) in [5, 5.41) is 15.6. The van der Waals surface area contributed by atoms with Crippen molar-refractivity contribution in [2.75, 3.05) is 18.5 Å². The number of para-hydroxylation sites is 1. The van der Waals surface area contributed by atoms with Crippen molar-refractivity contribution in [3.8, 4) is 0 Å². The van der Waals surface area contributed by atoms with E-state index in [-0.39, 0.29) is 30.9 Å². The molecule has 1 aromatic rings. The zero-order valence-electron chi connectivity index (χ0n) is 18.5. The molecule has 3 aliphatic heterocycles. The van der Waals surface area contributed by atoms with Crippen LogP contribution >= 0.6 is 11.8 Å². The first-order chi connectivity index (χ1) is 14.5. The lowest BCUT2D eigenvalue weighted by atomic mass is 9.66. The Labute approximate surface area is 187 Å². The summed E-state index contributed by atoms with van der Waals surface area (Å²) in [7, 11) is 0. The second kappa shape index (κ2) is 7.52. The average molecular weight is 446 g/mol. The fourth-order valence-corrected chi connectivity index (χ4v) is 8.01. The van der Waals surface area contributed by atoms with E-state index < -0.39 is 32.9 Å². The van der Waals surface area contributed by atoms with E-state index in [0.29, 0.717) is 12.1 Å². The molecule has 8 heteroatoms. The number of nitrogens with zero attached hydrogens (tertiary/aromatic N) is 1. The summed E-state index contributed by atoms with van der Waals surface area (Å²) in [4.78, 5) is 41.9. The minimum atomic E-state index is -0.697. The van der Waals surface area contributed by atoms with Crippen LogP contribution in [0.15, 0.2) is 30.3 Å². The van der Waals surface area contributed by atoms with Gasteiger partial charge in [0.1, 0.15) is 6.04 Å². The van der Waals surface area contributed by atoms with Gasteiger partial charge in [-0.2, -0.15) is 0 Å². The van der Waals surface area contributed by atoms with Gasteiger partial charge in [-0.05, 0) is 52.7 Å². The third-order valence-corrected chi connectivity index (χ3v) is 8.67. The van der Waals surface area contributed by atoms with Crippen LogP contribution in [0.1, 0.15) is 40.5 Å². The number of amides is 3. The van der Waals surface area contributed by atoms with E-state index in [2.05, 4.69) is 10.6 Å². The predicted molar refractivity (Wildman–Crippen MR) is 120 cm³/mol. The van der Waals surface area contributed by atoms with E-state index in [1.165, 1.54) is 4.90 Å². The summed E-state index contributed by atoms with van der Waals surface area (Å²) in [5.74, 6) is -1.71. The Kier molecular flexibility index (Phi) is 5.37. The Morgan fingerprint density at radius 3 is 2.48 bits per heavy atom. The molecular formula is C23H31N3O4S. The minimum absolute atomic E-state index is 0.0869. The van der Waals surface area contributed by atoms with Crippen molar-refractivity contribution in [1.29, 1.82) is 0 Å². The number of benzene rings is 1. The first-order valence-corrected chi connectivity index (χ1v) is 11.6. The van der Waals surface area contributed by atoms with Gasteiger partial charge >= 0.3 is 0 Å². The maximum absolute atomic E-state index is 13.6. The molecule has 4 rings (SSSR count). The highest BCUT2D eigenvalue weighted by molar-refractivity contribution is 8.02. The van der Waals surface area contributed by atoms with E-state index >= 15 is 0 Å². The van der Waals surface area contributed by atoms with Crippen molar-refractivity contribution >= 4 is 35.2 Å².